The monoisotopic (exact) mass is 289 g/mol. The molecular formula is C12H11N5Zn. The van der Waals surface area contributed by atoms with Crippen LogP contribution < -0.4 is 5.73 Å². The Hall–Kier alpha value is -1.81. The van der Waals surface area contributed by atoms with Crippen molar-refractivity contribution in [1.82, 2.24) is 19.9 Å². The number of hydrogen-bond donors (Lipinski definition) is 2. The number of aromatic amines is 1. The smallest absolute Gasteiger partial charge is 0.222 e. The van der Waals surface area contributed by atoms with E-state index < -0.39 is 0 Å². The number of hydrogen-bond acceptors (Lipinski definition) is 4. The molecule has 0 bridgehead atoms. The fourth-order valence-corrected chi connectivity index (χ4v) is 1.74. The molecule has 18 heavy (non-hydrogen) atoms. The maximum atomic E-state index is 5.51. The minimum Gasteiger partial charge on any atom is -0.368 e. The topological polar surface area (TPSA) is 80.5 Å². The Kier molecular flexibility index (Phi) is 3.67. The molecule has 86 valence electrons. The van der Waals surface area contributed by atoms with Gasteiger partial charge in [0.05, 0.1) is 6.20 Å². The van der Waals surface area contributed by atoms with E-state index in [-0.39, 0.29) is 25.4 Å². The maximum absolute atomic E-state index is 5.51. The van der Waals surface area contributed by atoms with Gasteiger partial charge in [0.2, 0.25) is 5.95 Å². The first-order valence-electron chi connectivity index (χ1n) is 5.32. The summed E-state index contributed by atoms with van der Waals surface area (Å²) in [6, 6.07) is 10.1. The van der Waals surface area contributed by atoms with Crippen molar-refractivity contribution in [3.8, 4) is 0 Å². The van der Waals surface area contributed by atoms with E-state index in [1.165, 1.54) is 5.56 Å². The predicted octanol–water partition coefficient (Wildman–Crippen LogP) is 1.52. The van der Waals surface area contributed by atoms with Gasteiger partial charge < -0.3 is 10.7 Å². The molecule has 0 amide bonds. The number of aromatic nitrogens is 4. The summed E-state index contributed by atoms with van der Waals surface area (Å²) in [6.07, 6.45) is 2.40. The van der Waals surface area contributed by atoms with Crippen molar-refractivity contribution >= 4 is 17.1 Å². The maximum Gasteiger partial charge on any atom is 0.222 e. The Morgan fingerprint density at radius 1 is 1.11 bits per heavy atom. The van der Waals surface area contributed by atoms with Crippen LogP contribution in [0.3, 0.4) is 0 Å². The van der Waals surface area contributed by atoms with Gasteiger partial charge in [0.1, 0.15) is 11.3 Å². The van der Waals surface area contributed by atoms with Crippen LogP contribution in [0.15, 0.2) is 36.5 Å². The minimum atomic E-state index is 0. The minimum absolute atomic E-state index is 0. The molecule has 0 unspecified atom stereocenters. The summed E-state index contributed by atoms with van der Waals surface area (Å²) in [5, 5.41) is 0. The van der Waals surface area contributed by atoms with Gasteiger partial charge >= 0.3 is 0 Å². The van der Waals surface area contributed by atoms with Gasteiger partial charge in [0, 0.05) is 25.9 Å². The van der Waals surface area contributed by atoms with E-state index in [0.717, 1.165) is 17.8 Å². The number of nitrogens with two attached hydrogens (primary N) is 1. The predicted molar refractivity (Wildman–Crippen MR) is 65.3 cm³/mol. The van der Waals surface area contributed by atoms with Gasteiger partial charge in [-0.05, 0) is 5.56 Å². The van der Waals surface area contributed by atoms with Gasteiger partial charge in [-0.15, -0.1) is 0 Å². The molecule has 0 saturated carbocycles. The number of nitrogens with zero attached hydrogens (tertiary/aromatic N) is 3. The van der Waals surface area contributed by atoms with Crippen LogP contribution in [-0.4, -0.2) is 19.9 Å². The molecule has 0 fully saturated rings. The third-order valence-corrected chi connectivity index (χ3v) is 2.52. The molecule has 0 saturated heterocycles. The second-order valence-corrected chi connectivity index (χ2v) is 3.81. The van der Waals surface area contributed by atoms with E-state index in [0.29, 0.717) is 5.65 Å². The molecule has 0 radical (unpaired) electrons. The second-order valence-electron chi connectivity index (χ2n) is 3.81. The van der Waals surface area contributed by atoms with Crippen LogP contribution in [-0.2, 0) is 25.9 Å². The number of H-pyrrole nitrogens is 1. The van der Waals surface area contributed by atoms with Crippen LogP contribution in [0.5, 0.6) is 0 Å². The van der Waals surface area contributed by atoms with Gasteiger partial charge in [0.15, 0.2) is 5.65 Å². The summed E-state index contributed by atoms with van der Waals surface area (Å²) in [5.74, 6) is 1.11. The van der Waals surface area contributed by atoms with Crippen molar-refractivity contribution < 1.29 is 19.5 Å². The first kappa shape index (κ1) is 12.6. The zero-order chi connectivity index (χ0) is 11.7. The van der Waals surface area contributed by atoms with E-state index in [9.17, 15) is 0 Å². The molecule has 5 nitrogen and oxygen atoms in total. The van der Waals surface area contributed by atoms with Crippen LogP contribution in [0, 0.1) is 0 Å². The molecule has 2 aromatic heterocycles. The quantitative estimate of drug-likeness (QED) is 0.701. The molecule has 2 heterocycles. The third-order valence-electron chi connectivity index (χ3n) is 2.52. The standard InChI is InChI=1S/C12H11N5.Zn/c13-12-14-7-9-11(17-12)16-10(15-9)6-8-4-2-1-3-5-8;/h1-5,7H,6H2,(H3,13,14,15,16,17);. The average Bonchev–Trinajstić information content (AvgIpc) is 2.71. The first-order chi connectivity index (χ1) is 8.31. The van der Waals surface area contributed by atoms with E-state index in [4.69, 9.17) is 5.73 Å². The molecule has 0 aliphatic carbocycles. The van der Waals surface area contributed by atoms with Crippen molar-refractivity contribution in [1.29, 1.82) is 0 Å². The van der Waals surface area contributed by atoms with Crippen LogP contribution in [0.4, 0.5) is 5.95 Å². The third kappa shape index (κ3) is 2.54. The largest absolute Gasteiger partial charge is 0.368 e. The molecular weight excluding hydrogens is 280 g/mol. The number of anilines is 1. The van der Waals surface area contributed by atoms with E-state index in [1.54, 1.807) is 6.20 Å². The summed E-state index contributed by atoms with van der Waals surface area (Å²) in [4.78, 5) is 15.5. The zero-order valence-corrected chi connectivity index (χ0v) is 12.8. The molecule has 3 N–H and O–H groups in total. The Morgan fingerprint density at radius 3 is 2.67 bits per heavy atom. The van der Waals surface area contributed by atoms with Crippen LogP contribution in [0.1, 0.15) is 11.4 Å². The molecule has 0 spiro atoms. The molecule has 0 atom stereocenters. The fourth-order valence-electron chi connectivity index (χ4n) is 1.74. The Morgan fingerprint density at radius 2 is 1.89 bits per heavy atom. The van der Waals surface area contributed by atoms with Crippen molar-refractivity contribution in [2.24, 2.45) is 0 Å². The van der Waals surface area contributed by atoms with Gasteiger partial charge in [-0.25, -0.2) is 9.97 Å². The SMILES string of the molecule is Nc1ncc2[nH]c(Cc3ccccc3)nc2n1.[Zn]. The first-order valence-corrected chi connectivity index (χ1v) is 5.32. The van der Waals surface area contributed by atoms with Crippen molar-refractivity contribution in [3.05, 3.63) is 47.9 Å². The molecule has 6 heteroatoms. The van der Waals surface area contributed by atoms with Crippen molar-refractivity contribution in [2.75, 3.05) is 5.73 Å². The van der Waals surface area contributed by atoms with Crippen LogP contribution in [0.2, 0.25) is 0 Å². The number of nitrogens with one attached hydrogen (secondary N) is 1. The number of nitrogen functional groups attached to an aromatic ring is 1. The number of imidazole rings is 1. The van der Waals surface area contributed by atoms with E-state index in [1.807, 2.05) is 18.2 Å². The Balaban J connectivity index is 0.00000120. The van der Waals surface area contributed by atoms with Gasteiger partial charge in [0.25, 0.3) is 0 Å². The zero-order valence-electron chi connectivity index (χ0n) is 9.80. The summed E-state index contributed by atoms with van der Waals surface area (Å²) in [7, 11) is 0. The fraction of sp³-hybridized carbons (Fsp3) is 0.0833. The Labute approximate surface area is 117 Å². The molecule has 3 rings (SSSR count). The normalized spacial score (nSPS) is 10.2. The van der Waals surface area contributed by atoms with Gasteiger partial charge in [-0.1, -0.05) is 30.3 Å². The molecule has 0 aliphatic heterocycles. The van der Waals surface area contributed by atoms with Crippen molar-refractivity contribution in [2.45, 2.75) is 6.42 Å². The second kappa shape index (κ2) is 5.23. The molecule has 3 aromatic rings. The van der Waals surface area contributed by atoms with Gasteiger partial charge in [-0.3, -0.25) is 0 Å². The number of rotatable bonds is 2. The van der Waals surface area contributed by atoms with Crippen molar-refractivity contribution in [3.63, 3.8) is 0 Å². The summed E-state index contributed by atoms with van der Waals surface area (Å²) < 4.78 is 0. The van der Waals surface area contributed by atoms with E-state index in [2.05, 4.69) is 32.1 Å². The average molecular weight is 291 g/mol. The van der Waals surface area contributed by atoms with E-state index >= 15 is 0 Å². The van der Waals surface area contributed by atoms with Crippen LogP contribution in [0.25, 0.3) is 11.2 Å². The summed E-state index contributed by atoms with van der Waals surface area (Å²) >= 11 is 0. The van der Waals surface area contributed by atoms with Crippen LogP contribution >= 0.6 is 0 Å². The Bertz CT molecular complexity index is 650. The number of benzene rings is 1. The molecule has 1 aromatic carbocycles. The summed E-state index contributed by atoms with van der Waals surface area (Å²) in [6.45, 7) is 0. The summed E-state index contributed by atoms with van der Waals surface area (Å²) in [5.41, 5.74) is 8.14. The van der Waals surface area contributed by atoms with Gasteiger partial charge in [-0.2, -0.15) is 4.98 Å². The molecule has 0 aliphatic rings. The number of fused-ring (bicyclic) bond motifs is 1.